The Hall–Kier alpha value is -2.92. The third-order valence-corrected chi connectivity index (χ3v) is 4.74. The fourth-order valence-corrected chi connectivity index (χ4v) is 3.17. The van der Waals surface area contributed by atoms with Crippen LogP contribution in [0.25, 0.3) is 0 Å². The molecule has 0 saturated heterocycles. The zero-order chi connectivity index (χ0) is 19.7. The van der Waals surface area contributed by atoms with Gasteiger partial charge >= 0.3 is 5.97 Å². The summed E-state index contributed by atoms with van der Waals surface area (Å²) < 4.78 is 5.09. The van der Waals surface area contributed by atoms with Crippen molar-refractivity contribution in [2.45, 2.75) is 6.92 Å². The van der Waals surface area contributed by atoms with Gasteiger partial charge in [0, 0.05) is 35.0 Å². The van der Waals surface area contributed by atoms with Crippen LogP contribution in [0.5, 0.6) is 0 Å². The van der Waals surface area contributed by atoms with Gasteiger partial charge in [-0.05, 0) is 31.2 Å². The molecule has 0 saturated carbocycles. The van der Waals surface area contributed by atoms with Crippen molar-refractivity contribution in [1.29, 1.82) is 0 Å². The van der Waals surface area contributed by atoms with E-state index >= 15 is 0 Å². The summed E-state index contributed by atoms with van der Waals surface area (Å²) in [7, 11) is 1.82. The molecule has 0 aromatic heterocycles. The first-order chi connectivity index (χ1) is 12.8. The van der Waals surface area contributed by atoms with E-state index < -0.39 is 5.97 Å². The van der Waals surface area contributed by atoms with Crippen molar-refractivity contribution in [1.82, 2.24) is 0 Å². The Morgan fingerprint density at radius 3 is 2.56 bits per heavy atom. The Morgan fingerprint density at radius 1 is 1.11 bits per heavy atom. The molecule has 1 aliphatic rings. The maximum absolute atomic E-state index is 12.9. The molecule has 2 aromatic rings. The molecule has 0 heterocycles. The summed E-state index contributed by atoms with van der Waals surface area (Å²) in [5, 5.41) is 0.275. The van der Waals surface area contributed by atoms with Gasteiger partial charge in [0.1, 0.15) is 6.61 Å². The van der Waals surface area contributed by atoms with E-state index in [1.807, 2.05) is 11.9 Å². The summed E-state index contributed by atoms with van der Waals surface area (Å²) in [6.45, 7) is 5.74. The van der Waals surface area contributed by atoms with E-state index in [2.05, 4.69) is 6.58 Å². The minimum absolute atomic E-state index is 0.185. The number of carbonyl (C=O) groups excluding carboxylic acids is 3. The molecule has 27 heavy (non-hydrogen) atoms. The maximum atomic E-state index is 12.9. The molecule has 0 bridgehead atoms. The number of hydrogen-bond acceptors (Lipinski definition) is 5. The number of anilines is 1. The first kappa shape index (κ1) is 18.9. The minimum atomic E-state index is -0.442. The van der Waals surface area contributed by atoms with E-state index in [0.717, 1.165) is 5.69 Å². The molecule has 0 amide bonds. The zero-order valence-corrected chi connectivity index (χ0v) is 15.8. The van der Waals surface area contributed by atoms with Gasteiger partial charge in [0.25, 0.3) is 0 Å². The third kappa shape index (κ3) is 3.51. The monoisotopic (exact) mass is 383 g/mol. The molecule has 0 fully saturated rings. The number of ether oxygens (including phenoxy) is 1. The average Bonchev–Trinajstić information content (AvgIpc) is 2.65. The molecule has 0 unspecified atom stereocenters. The van der Waals surface area contributed by atoms with Crippen LogP contribution in [0.3, 0.4) is 0 Å². The number of ketones is 2. The van der Waals surface area contributed by atoms with Crippen LogP contribution in [-0.4, -0.2) is 37.7 Å². The molecule has 5 nitrogen and oxygen atoms in total. The fraction of sp³-hybridized carbons (Fsp3) is 0.190. The van der Waals surface area contributed by atoms with E-state index in [9.17, 15) is 14.4 Å². The van der Waals surface area contributed by atoms with Crippen molar-refractivity contribution in [3.63, 3.8) is 0 Å². The quantitative estimate of drug-likeness (QED) is 0.497. The van der Waals surface area contributed by atoms with Gasteiger partial charge in [-0.25, -0.2) is 4.79 Å². The SMILES string of the molecule is C=C(C)C(=O)OCCN(C)c1ccc2c(c1)C(=O)c1cccc(Cl)c1C2=O. The number of likely N-dealkylation sites (N-methyl/N-ethyl adjacent to an activating group) is 1. The zero-order valence-electron chi connectivity index (χ0n) is 15.0. The van der Waals surface area contributed by atoms with Crippen LogP contribution in [0.1, 0.15) is 38.8 Å². The first-order valence-electron chi connectivity index (χ1n) is 8.37. The third-order valence-electron chi connectivity index (χ3n) is 4.43. The smallest absolute Gasteiger partial charge is 0.333 e. The highest BCUT2D eigenvalue weighted by molar-refractivity contribution is 6.39. The molecule has 0 radical (unpaired) electrons. The maximum Gasteiger partial charge on any atom is 0.333 e. The highest BCUT2D eigenvalue weighted by Crippen LogP contribution is 2.33. The van der Waals surface area contributed by atoms with Gasteiger partial charge in [-0.1, -0.05) is 30.3 Å². The van der Waals surface area contributed by atoms with Crippen LogP contribution in [0.4, 0.5) is 5.69 Å². The van der Waals surface area contributed by atoms with Crippen molar-refractivity contribution in [2.24, 2.45) is 0 Å². The fourth-order valence-electron chi connectivity index (χ4n) is 2.91. The highest BCUT2D eigenvalue weighted by Gasteiger charge is 2.31. The predicted molar refractivity (Wildman–Crippen MR) is 104 cm³/mol. The first-order valence-corrected chi connectivity index (χ1v) is 8.74. The van der Waals surface area contributed by atoms with E-state index in [1.165, 1.54) is 0 Å². The van der Waals surface area contributed by atoms with Crippen molar-refractivity contribution >= 4 is 34.8 Å². The van der Waals surface area contributed by atoms with Crippen LogP contribution in [0.2, 0.25) is 5.02 Å². The van der Waals surface area contributed by atoms with Gasteiger partial charge in [0.15, 0.2) is 11.6 Å². The van der Waals surface area contributed by atoms with Crippen molar-refractivity contribution in [3.8, 4) is 0 Å². The number of carbonyl (C=O) groups is 3. The summed E-state index contributed by atoms with van der Waals surface area (Å²) in [4.78, 5) is 38.9. The van der Waals surface area contributed by atoms with Crippen molar-refractivity contribution in [3.05, 3.63) is 75.8 Å². The molecule has 0 aliphatic heterocycles. The Bertz CT molecular complexity index is 980. The Kier molecular flexibility index (Phi) is 5.15. The summed E-state index contributed by atoms with van der Waals surface area (Å²) in [5.41, 5.74) is 2.34. The summed E-state index contributed by atoms with van der Waals surface area (Å²) in [5.74, 6) is -0.927. The van der Waals surface area contributed by atoms with E-state index in [4.69, 9.17) is 16.3 Å². The number of nitrogens with zero attached hydrogens (tertiary/aromatic N) is 1. The largest absolute Gasteiger partial charge is 0.460 e. The topological polar surface area (TPSA) is 63.7 Å². The van der Waals surface area contributed by atoms with Crippen LogP contribution in [-0.2, 0) is 9.53 Å². The number of esters is 1. The van der Waals surface area contributed by atoms with Gasteiger partial charge in [0.05, 0.1) is 17.1 Å². The van der Waals surface area contributed by atoms with Gasteiger partial charge in [-0.3, -0.25) is 9.59 Å². The van der Waals surface area contributed by atoms with Gasteiger partial charge < -0.3 is 9.64 Å². The lowest BCUT2D eigenvalue weighted by atomic mass is 9.84. The molecule has 0 spiro atoms. The molecule has 2 aromatic carbocycles. The van der Waals surface area contributed by atoms with E-state index in [-0.39, 0.29) is 28.8 Å². The Morgan fingerprint density at radius 2 is 1.85 bits per heavy atom. The predicted octanol–water partition coefficient (Wildman–Crippen LogP) is 3.67. The van der Waals surface area contributed by atoms with Gasteiger partial charge in [-0.15, -0.1) is 0 Å². The van der Waals surface area contributed by atoms with Crippen LogP contribution in [0.15, 0.2) is 48.6 Å². The molecule has 0 N–H and O–H groups in total. The Balaban J connectivity index is 1.84. The number of halogens is 1. The van der Waals surface area contributed by atoms with E-state index in [0.29, 0.717) is 28.8 Å². The Labute approximate surface area is 162 Å². The normalized spacial score (nSPS) is 12.3. The molecule has 1 aliphatic carbocycles. The summed E-state index contributed by atoms with van der Waals surface area (Å²) in [6.07, 6.45) is 0. The second-order valence-electron chi connectivity index (χ2n) is 6.39. The van der Waals surface area contributed by atoms with Crippen LogP contribution >= 0.6 is 11.6 Å². The second-order valence-corrected chi connectivity index (χ2v) is 6.80. The molecule has 3 rings (SSSR count). The minimum Gasteiger partial charge on any atom is -0.460 e. The molecular formula is C21H18ClNO4. The standard InChI is InChI=1S/C21H18ClNO4/c1-12(2)21(26)27-10-9-23(3)13-7-8-14-16(11-13)19(24)15-5-4-6-17(22)18(15)20(14)25/h4-8,11H,1,9-10H2,2-3H3. The van der Waals surface area contributed by atoms with Crippen molar-refractivity contribution in [2.75, 3.05) is 25.1 Å². The second kappa shape index (κ2) is 7.37. The van der Waals surface area contributed by atoms with Gasteiger partial charge in [-0.2, -0.15) is 0 Å². The lowest BCUT2D eigenvalue weighted by molar-refractivity contribution is -0.138. The number of hydrogen-bond donors (Lipinski definition) is 0. The van der Waals surface area contributed by atoms with Gasteiger partial charge in [0.2, 0.25) is 0 Å². The number of benzene rings is 2. The summed E-state index contributed by atoms with van der Waals surface area (Å²) in [6, 6.07) is 9.94. The lowest BCUT2D eigenvalue weighted by Gasteiger charge is -2.23. The number of fused-ring (bicyclic) bond motifs is 2. The highest BCUT2D eigenvalue weighted by atomic mass is 35.5. The number of rotatable bonds is 5. The van der Waals surface area contributed by atoms with E-state index in [1.54, 1.807) is 43.3 Å². The van der Waals surface area contributed by atoms with Crippen molar-refractivity contribution < 1.29 is 19.1 Å². The van der Waals surface area contributed by atoms with Crippen LogP contribution < -0.4 is 4.90 Å². The molecule has 0 atom stereocenters. The molecule has 6 heteroatoms. The summed E-state index contributed by atoms with van der Waals surface area (Å²) >= 11 is 6.13. The average molecular weight is 384 g/mol. The molecular weight excluding hydrogens is 366 g/mol. The van der Waals surface area contributed by atoms with Crippen LogP contribution in [0, 0.1) is 0 Å². The lowest BCUT2D eigenvalue weighted by Crippen LogP contribution is -2.26. The molecule has 138 valence electrons.